The van der Waals surface area contributed by atoms with Crippen LogP contribution >= 0.6 is 0 Å². The molecule has 0 aliphatic carbocycles. The molecule has 0 atom stereocenters. The smallest absolute Gasteiger partial charge is 0.262 e. The van der Waals surface area contributed by atoms with Crippen molar-refractivity contribution in [2.45, 2.75) is 19.8 Å². The number of carbonyl (C=O) groups excluding carboxylic acids is 1. The van der Waals surface area contributed by atoms with Gasteiger partial charge in [-0.25, -0.2) is 0 Å². The number of aromatic nitrogens is 2. The summed E-state index contributed by atoms with van der Waals surface area (Å²) < 4.78 is 15.9. The van der Waals surface area contributed by atoms with Crippen molar-refractivity contribution >= 4 is 11.6 Å². The molecule has 0 saturated heterocycles. The van der Waals surface area contributed by atoms with Crippen molar-refractivity contribution in [1.82, 2.24) is 10.1 Å². The molecular weight excluding hydrogens is 346 g/mol. The van der Waals surface area contributed by atoms with Crippen molar-refractivity contribution in [1.29, 1.82) is 0 Å². The molecule has 3 rings (SSSR count). The molecule has 0 unspecified atom stereocenters. The van der Waals surface area contributed by atoms with Gasteiger partial charge in [0, 0.05) is 17.2 Å². The van der Waals surface area contributed by atoms with Crippen LogP contribution in [-0.4, -0.2) is 29.8 Å². The molecule has 0 aliphatic rings. The summed E-state index contributed by atoms with van der Waals surface area (Å²) in [6, 6.07) is 14.3. The minimum absolute atomic E-state index is 0.115. The predicted octanol–water partition coefficient (Wildman–Crippen LogP) is 3.89. The number of methoxy groups -OCH3 is 1. The largest absolute Gasteiger partial charge is 0.497 e. The van der Waals surface area contributed by atoms with Gasteiger partial charge in [0.15, 0.2) is 12.4 Å². The van der Waals surface area contributed by atoms with E-state index in [0.717, 1.165) is 11.3 Å². The second-order valence-electron chi connectivity index (χ2n) is 6.21. The van der Waals surface area contributed by atoms with E-state index >= 15 is 0 Å². The Labute approximate surface area is 157 Å². The van der Waals surface area contributed by atoms with Crippen molar-refractivity contribution in [2.24, 2.45) is 0 Å². The Kier molecular flexibility index (Phi) is 5.71. The van der Waals surface area contributed by atoms with Crippen LogP contribution < -0.4 is 14.8 Å². The monoisotopic (exact) mass is 367 g/mol. The van der Waals surface area contributed by atoms with Crippen LogP contribution in [-0.2, 0) is 4.79 Å². The van der Waals surface area contributed by atoms with Crippen molar-refractivity contribution in [2.75, 3.05) is 19.0 Å². The molecule has 27 heavy (non-hydrogen) atoms. The van der Waals surface area contributed by atoms with E-state index in [1.165, 1.54) is 0 Å². The lowest BCUT2D eigenvalue weighted by molar-refractivity contribution is -0.118. The summed E-state index contributed by atoms with van der Waals surface area (Å²) >= 11 is 0. The maximum atomic E-state index is 12.1. The van der Waals surface area contributed by atoms with Crippen LogP contribution in [0, 0.1) is 0 Å². The second-order valence-corrected chi connectivity index (χ2v) is 6.21. The lowest BCUT2D eigenvalue weighted by atomic mass is 10.2. The van der Waals surface area contributed by atoms with Gasteiger partial charge >= 0.3 is 0 Å². The first-order valence-corrected chi connectivity index (χ1v) is 8.56. The molecule has 1 N–H and O–H groups in total. The van der Waals surface area contributed by atoms with Crippen LogP contribution in [0.25, 0.3) is 11.5 Å². The lowest BCUT2D eigenvalue weighted by Gasteiger charge is -2.08. The predicted molar refractivity (Wildman–Crippen MR) is 101 cm³/mol. The van der Waals surface area contributed by atoms with Gasteiger partial charge in [-0.05, 0) is 42.5 Å². The molecule has 0 radical (unpaired) electrons. The van der Waals surface area contributed by atoms with Gasteiger partial charge < -0.3 is 19.3 Å². The zero-order valence-electron chi connectivity index (χ0n) is 15.4. The van der Waals surface area contributed by atoms with Crippen molar-refractivity contribution < 1.29 is 18.8 Å². The van der Waals surface area contributed by atoms with E-state index in [1.807, 2.05) is 26.0 Å². The number of benzene rings is 2. The summed E-state index contributed by atoms with van der Waals surface area (Å²) in [6.45, 7) is 3.88. The third-order valence-electron chi connectivity index (χ3n) is 3.78. The third kappa shape index (κ3) is 4.84. The zero-order chi connectivity index (χ0) is 19.2. The Bertz CT molecular complexity index is 904. The number of rotatable bonds is 7. The van der Waals surface area contributed by atoms with Crippen molar-refractivity contribution in [3.8, 4) is 23.0 Å². The minimum Gasteiger partial charge on any atom is -0.497 e. The Balaban J connectivity index is 1.59. The van der Waals surface area contributed by atoms with E-state index in [-0.39, 0.29) is 18.4 Å². The van der Waals surface area contributed by atoms with Gasteiger partial charge in [0.05, 0.1) is 7.11 Å². The van der Waals surface area contributed by atoms with Gasteiger partial charge in [-0.15, -0.1) is 0 Å². The van der Waals surface area contributed by atoms with Crippen LogP contribution in [0.2, 0.25) is 0 Å². The van der Waals surface area contributed by atoms with Crippen molar-refractivity contribution in [3.05, 3.63) is 54.4 Å². The molecule has 0 spiro atoms. The summed E-state index contributed by atoms with van der Waals surface area (Å²) in [5, 5.41) is 6.72. The number of hydrogen-bond donors (Lipinski definition) is 1. The van der Waals surface area contributed by atoms with Gasteiger partial charge in [-0.2, -0.15) is 4.98 Å². The number of hydrogen-bond acceptors (Lipinski definition) is 6. The van der Waals surface area contributed by atoms with Gasteiger partial charge in [0.1, 0.15) is 11.5 Å². The van der Waals surface area contributed by atoms with E-state index in [2.05, 4.69) is 15.5 Å². The molecule has 0 aliphatic heterocycles. The number of anilines is 1. The first-order chi connectivity index (χ1) is 13.0. The molecule has 1 amide bonds. The molecule has 1 aromatic heterocycles. The van der Waals surface area contributed by atoms with E-state index in [1.54, 1.807) is 43.5 Å². The first kappa shape index (κ1) is 18.4. The standard InChI is InChI=1S/C20H21N3O4/c1-13(2)19-22-20(27-23-19)14-5-4-6-17(11-14)26-12-18(24)21-15-7-9-16(25-3)10-8-15/h4-11,13H,12H2,1-3H3,(H,21,24). The number of nitrogens with one attached hydrogen (secondary N) is 1. The summed E-state index contributed by atoms with van der Waals surface area (Å²) in [5.74, 6) is 2.26. The maximum absolute atomic E-state index is 12.1. The molecule has 0 fully saturated rings. The third-order valence-corrected chi connectivity index (χ3v) is 3.78. The van der Waals surface area contributed by atoms with E-state index in [0.29, 0.717) is 23.2 Å². The highest BCUT2D eigenvalue weighted by molar-refractivity contribution is 5.91. The van der Waals surface area contributed by atoms with Crippen LogP contribution in [0.4, 0.5) is 5.69 Å². The molecule has 3 aromatic rings. The zero-order valence-corrected chi connectivity index (χ0v) is 15.4. The van der Waals surface area contributed by atoms with Crippen molar-refractivity contribution in [3.63, 3.8) is 0 Å². The second kappa shape index (κ2) is 8.35. The normalized spacial score (nSPS) is 10.7. The first-order valence-electron chi connectivity index (χ1n) is 8.56. The molecule has 2 aromatic carbocycles. The van der Waals surface area contributed by atoms with E-state index < -0.39 is 0 Å². The highest BCUT2D eigenvalue weighted by Crippen LogP contribution is 2.24. The van der Waals surface area contributed by atoms with E-state index in [9.17, 15) is 4.79 Å². The summed E-state index contributed by atoms with van der Waals surface area (Å²) in [7, 11) is 1.59. The van der Waals surface area contributed by atoms with Gasteiger partial charge in [-0.3, -0.25) is 4.79 Å². The highest BCUT2D eigenvalue weighted by atomic mass is 16.5. The summed E-state index contributed by atoms with van der Waals surface area (Å²) in [4.78, 5) is 16.4. The number of carbonyl (C=O) groups is 1. The highest BCUT2D eigenvalue weighted by Gasteiger charge is 2.12. The van der Waals surface area contributed by atoms with Crippen LogP contribution in [0.5, 0.6) is 11.5 Å². The lowest BCUT2D eigenvalue weighted by Crippen LogP contribution is -2.20. The Morgan fingerprint density at radius 1 is 1.15 bits per heavy atom. The minimum atomic E-state index is -0.259. The van der Waals surface area contributed by atoms with Gasteiger partial charge in [0.25, 0.3) is 11.8 Å². The molecular formula is C20H21N3O4. The van der Waals surface area contributed by atoms with E-state index in [4.69, 9.17) is 14.0 Å². The average Bonchev–Trinajstić information content (AvgIpc) is 3.18. The fraction of sp³-hybridized carbons (Fsp3) is 0.250. The molecule has 7 heteroatoms. The molecule has 0 bridgehead atoms. The number of amides is 1. The fourth-order valence-electron chi connectivity index (χ4n) is 2.33. The van der Waals surface area contributed by atoms with Crippen LogP contribution in [0.15, 0.2) is 53.1 Å². The molecule has 0 saturated carbocycles. The number of ether oxygens (including phenoxy) is 2. The summed E-state index contributed by atoms with van der Waals surface area (Å²) in [6.07, 6.45) is 0. The topological polar surface area (TPSA) is 86.5 Å². The summed E-state index contributed by atoms with van der Waals surface area (Å²) in [5.41, 5.74) is 1.41. The quantitative estimate of drug-likeness (QED) is 0.682. The Morgan fingerprint density at radius 2 is 1.93 bits per heavy atom. The van der Waals surface area contributed by atoms with Gasteiger partial charge in [0.2, 0.25) is 0 Å². The van der Waals surface area contributed by atoms with Crippen LogP contribution in [0.1, 0.15) is 25.6 Å². The maximum Gasteiger partial charge on any atom is 0.262 e. The average molecular weight is 367 g/mol. The molecule has 7 nitrogen and oxygen atoms in total. The van der Waals surface area contributed by atoms with Gasteiger partial charge in [-0.1, -0.05) is 25.1 Å². The number of nitrogens with zero attached hydrogens (tertiary/aromatic N) is 2. The van der Waals surface area contributed by atoms with Crippen LogP contribution in [0.3, 0.4) is 0 Å². The Hall–Kier alpha value is -3.35. The Morgan fingerprint density at radius 3 is 2.59 bits per heavy atom. The SMILES string of the molecule is COc1ccc(NC(=O)COc2cccc(-c3nc(C(C)C)no3)c2)cc1. The molecule has 140 valence electrons. The fourth-order valence-corrected chi connectivity index (χ4v) is 2.33. The molecule has 1 heterocycles.